The lowest BCUT2D eigenvalue weighted by molar-refractivity contribution is 0.0243. The number of thiophene rings is 1. The van der Waals surface area contributed by atoms with E-state index < -0.39 is 0 Å². The molecule has 5 rings (SSSR count). The highest BCUT2D eigenvalue weighted by Crippen LogP contribution is 2.39. The number of piperidine rings is 1. The highest BCUT2D eigenvalue weighted by Gasteiger charge is 2.32. The Balaban J connectivity index is 1.29. The molecule has 0 unspecified atom stereocenters. The molecule has 2 aromatic rings. The molecule has 176 valence electrons. The number of morpholine rings is 1. The number of pyridine rings is 1. The third-order valence-corrected chi connectivity index (χ3v) is 8.27. The predicted molar refractivity (Wildman–Crippen MR) is 129 cm³/mol. The maximum Gasteiger partial charge on any atom is 0.257 e. The Hall–Kier alpha value is -2.29. The SMILES string of the molecule is O=C(Nc1sc2c(c1C(=O)N1CCC(CN3CCOCC3)CC1)CCCC2)c1cccnc1. The van der Waals surface area contributed by atoms with Crippen LogP contribution in [0.5, 0.6) is 0 Å². The lowest BCUT2D eigenvalue weighted by Crippen LogP contribution is -2.44. The lowest BCUT2D eigenvalue weighted by Gasteiger charge is -2.36. The summed E-state index contributed by atoms with van der Waals surface area (Å²) in [5.74, 6) is 0.508. The van der Waals surface area contributed by atoms with E-state index in [0.717, 1.165) is 95.6 Å². The van der Waals surface area contributed by atoms with E-state index in [1.165, 1.54) is 4.88 Å². The minimum Gasteiger partial charge on any atom is -0.379 e. The summed E-state index contributed by atoms with van der Waals surface area (Å²) in [5, 5.41) is 3.75. The van der Waals surface area contributed by atoms with Gasteiger partial charge in [-0.05, 0) is 62.1 Å². The molecule has 0 aromatic carbocycles. The van der Waals surface area contributed by atoms with E-state index in [-0.39, 0.29) is 11.8 Å². The van der Waals surface area contributed by atoms with Crippen LogP contribution in [0.25, 0.3) is 0 Å². The average molecular weight is 469 g/mol. The van der Waals surface area contributed by atoms with Crippen LogP contribution in [-0.2, 0) is 17.6 Å². The Morgan fingerprint density at radius 1 is 1.12 bits per heavy atom. The number of anilines is 1. The fourth-order valence-corrected chi connectivity index (χ4v) is 6.45. The van der Waals surface area contributed by atoms with E-state index in [2.05, 4.69) is 15.2 Å². The second-order valence-electron chi connectivity index (χ2n) is 9.26. The van der Waals surface area contributed by atoms with E-state index in [1.807, 2.05) is 4.90 Å². The van der Waals surface area contributed by atoms with Gasteiger partial charge in [0.05, 0.1) is 24.3 Å². The number of fused-ring (bicyclic) bond motifs is 1. The number of carbonyl (C=O) groups excluding carboxylic acids is 2. The van der Waals surface area contributed by atoms with Crippen molar-refractivity contribution in [1.29, 1.82) is 0 Å². The molecule has 3 aliphatic rings. The van der Waals surface area contributed by atoms with E-state index in [9.17, 15) is 9.59 Å². The molecule has 0 radical (unpaired) electrons. The lowest BCUT2D eigenvalue weighted by atomic mass is 9.93. The Bertz CT molecular complexity index is 979. The molecule has 2 saturated heterocycles. The zero-order valence-corrected chi connectivity index (χ0v) is 19.9. The Kier molecular flexibility index (Phi) is 7.04. The average Bonchev–Trinajstić information content (AvgIpc) is 3.23. The maximum absolute atomic E-state index is 13.7. The summed E-state index contributed by atoms with van der Waals surface area (Å²) in [5.41, 5.74) is 2.40. The highest BCUT2D eigenvalue weighted by atomic mass is 32.1. The smallest absolute Gasteiger partial charge is 0.257 e. The topological polar surface area (TPSA) is 74.8 Å². The van der Waals surface area contributed by atoms with Gasteiger partial charge in [0.2, 0.25) is 0 Å². The number of hydrogen-bond donors (Lipinski definition) is 1. The van der Waals surface area contributed by atoms with Crippen molar-refractivity contribution in [3.63, 3.8) is 0 Å². The fraction of sp³-hybridized carbons (Fsp3) is 0.560. The molecule has 2 amide bonds. The molecule has 4 heterocycles. The first kappa shape index (κ1) is 22.5. The molecule has 2 fully saturated rings. The maximum atomic E-state index is 13.7. The number of nitrogens with zero attached hydrogens (tertiary/aromatic N) is 3. The number of nitrogens with one attached hydrogen (secondary N) is 1. The first-order valence-electron chi connectivity index (χ1n) is 12.1. The molecule has 2 aliphatic heterocycles. The molecule has 8 heteroatoms. The van der Waals surface area contributed by atoms with E-state index in [0.29, 0.717) is 16.5 Å². The number of aryl methyl sites for hydroxylation is 1. The molecule has 2 aromatic heterocycles. The van der Waals surface area contributed by atoms with Crippen LogP contribution in [0.4, 0.5) is 5.00 Å². The minimum atomic E-state index is -0.208. The Morgan fingerprint density at radius 3 is 2.67 bits per heavy atom. The summed E-state index contributed by atoms with van der Waals surface area (Å²) < 4.78 is 5.46. The van der Waals surface area contributed by atoms with Crippen molar-refractivity contribution in [2.24, 2.45) is 5.92 Å². The van der Waals surface area contributed by atoms with Crippen LogP contribution in [0.3, 0.4) is 0 Å². The first-order valence-corrected chi connectivity index (χ1v) is 13.0. The van der Waals surface area contributed by atoms with E-state index >= 15 is 0 Å². The number of rotatable bonds is 5. The van der Waals surface area contributed by atoms with Gasteiger partial charge in [-0.1, -0.05) is 0 Å². The third kappa shape index (κ3) is 5.13. The predicted octanol–water partition coefficient (Wildman–Crippen LogP) is 3.46. The van der Waals surface area contributed by atoms with Crippen molar-refractivity contribution in [2.45, 2.75) is 38.5 Å². The molecule has 0 atom stereocenters. The van der Waals surface area contributed by atoms with Gasteiger partial charge in [-0.3, -0.25) is 19.5 Å². The number of carbonyl (C=O) groups is 2. The van der Waals surface area contributed by atoms with Crippen molar-refractivity contribution in [3.05, 3.63) is 46.1 Å². The summed E-state index contributed by atoms with van der Waals surface area (Å²) in [6, 6.07) is 3.50. The van der Waals surface area contributed by atoms with E-state index in [1.54, 1.807) is 35.9 Å². The molecule has 1 N–H and O–H groups in total. The van der Waals surface area contributed by atoms with Gasteiger partial charge in [-0.25, -0.2) is 0 Å². The third-order valence-electron chi connectivity index (χ3n) is 7.06. The second-order valence-corrected chi connectivity index (χ2v) is 10.4. The number of likely N-dealkylation sites (tertiary alicyclic amines) is 1. The Morgan fingerprint density at radius 2 is 1.91 bits per heavy atom. The zero-order valence-electron chi connectivity index (χ0n) is 19.1. The number of hydrogen-bond acceptors (Lipinski definition) is 6. The molecule has 0 saturated carbocycles. The fourth-order valence-electron chi connectivity index (χ4n) is 5.18. The molecule has 0 bridgehead atoms. The van der Waals surface area contributed by atoms with Crippen LogP contribution in [0, 0.1) is 5.92 Å². The number of amides is 2. The molecule has 0 spiro atoms. The first-order chi connectivity index (χ1) is 16.2. The minimum absolute atomic E-state index is 0.0840. The van der Waals surface area contributed by atoms with Gasteiger partial charge < -0.3 is 15.0 Å². The number of ether oxygens (including phenoxy) is 1. The molecular formula is C25H32N4O3S. The van der Waals surface area contributed by atoms with Crippen LogP contribution >= 0.6 is 11.3 Å². The van der Waals surface area contributed by atoms with Crippen molar-refractivity contribution >= 4 is 28.2 Å². The molecular weight excluding hydrogens is 436 g/mol. The normalized spacial score (nSPS) is 19.8. The van der Waals surface area contributed by atoms with Crippen LogP contribution in [0.15, 0.2) is 24.5 Å². The van der Waals surface area contributed by atoms with Crippen LogP contribution in [0.1, 0.15) is 56.8 Å². The van der Waals surface area contributed by atoms with Gasteiger partial charge in [0.15, 0.2) is 0 Å². The summed E-state index contributed by atoms with van der Waals surface area (Å²) in [4.78, 5) is 36.3. The highest BCUT2D eigenvalue weighted by molar-refractivity contribution is 7.17. The number of aromatic nitrogens is 1. The Labute approximate surface area is 199 Å². The van der Waals surface area contributed by atoms with Gasteiger partial charge in [0.25, 0.3) is 11.8 Å². The second kappa shape index (κ2) is 10.3. The van der Waals surface area contributed by atoms with Crippen molar-refractivity contribution < 1.29 is 14.3 Å². The van der Waals surface area contributed by atoms with Gasteiger partial charge in [0.1, 0.15) is 5.00 Å². The molecule has 7 nitrogen and oxygen atoms in total. The monoisotopic (exact) mass is 468 g/mol. The standard InChI is InChI=1S/C25H32N4O3S/c30-23(19-4-3-9-26-16-19)27-24-22(20-5-1-2-6-21(20)33-24)25(31)29-10-7-18(8-11-29)17-28-12-14-32-15-13-28/h3-4,9,16,18H,1-2,5-8,10-15,17H2,(H,27,30). The van der Waals surface area contributed by atoms with E-state index in [4.69, 9.17) is 4.74 Å². The summed E-state index contributed by atoms with van der Waals surface area (Å²) in [7, 11) is 0. The van der Waals surface area contributed by atoms with Crippen LogP contribution in [-0.4, -0.2) is 72.5 Å². The largest absolute Gasteiger partial charge is 0.379 e. The zero-order chi connectivity index (χ0) is 22.6. The van der Waals surface area contributed by atoms with Gasteiger partial charge in [-0.15, -0.1) is 11.3 Å². The van der Waals surface area contributed by atoms with Crippen LogP contribution in [0.2, 0.25) is 0 Å². The quantitative estimate of drug-likeness (QED) is 0.728. The summed E-state index contributed by atoms with van der Waals surface area (Å²) in [6.07, 6.45) is 9.43. The molecule has 1 aliphatic carbocycles. The summed E-state index contributed by atoms with van der Waals surface area (Å²) in [6.45, 7) is 6.36. The van der Waals surface area contributed by atoms with Crippen molar-refractivity contribution in [2.75, 3.05) is 51.3 Å². The van der Waals surface area contributed by atoms with Gasteiger partial charge in [-0.2, -0.15) is 0 Å². The molecule has 33 heavy (non-hydrogen) atoms. The summed E-state index contributed by atoms with van der Waals surface area (Å²) >= 11 is 1.58. The van der Waals surface area contributed by atoms with Gasteiger partial charge in [0, 0.05) is 50.0 Å². The van der Waals surface area contributed by atoms with Crippen molar-refractivity contribution in [1.82, 2.24) is 14.8 Å². The van der Waals surface area contributed by atoms with Crippen molar-refractivity contribution in [3.8, 4) is 0 Å². The van der Waals surface area contributed by atoms with Gasteiger partial charge >= 0.3 is 0 Å². The van der Waals surface area contributed by atoms with Crippen LogP contribution < -0.4 is 5.32 Å².